The number of aromatic amines is 1. The molecule has 16 nitrogen and oxygen atoms in total. The molecular formula is C57H46N8O8S3. The molecule has 2 aliphatic heterocycles. The van der Waals surface area contributed by atoms with Crippen molar-refractivity contribution in [3.63, 3.8) is 0 Å². The van der Waals surface area contributed by atoms with Gasteiger partial charge in [0.25, 0.3) is 11.8 Å². The number of carbonyl (C=O) groups is 3. The fourth-order valence-electron chi connectivity index (χ4n) is 9.31. The van der Waals surface area contributed by atoms with Crippen LogP contribution in [0.25, 0.3) is 4.91 Å². The summed E-state index contributed by atoms with van der Waals surface area (Å²) >= 11 is 5.95. The Labute approximate surface area is 447 Å². The number of thiazole rings is 1. The van der Waals surface area contributed by atoms with Crippen LogP contribution in [0.5, 0.6) is 0 Å². The summed E-state index contributed by atoms with van der Waals surface area (Å²) in [4.78, 5) is 81.0. The number of thiol groups is 1. The number of ether oxygens (including phenoxy) is 1. The zero-order valence-corrected chi connectivity index (χ0v) is 42.9. The molecule has 19 heteroatoms. The average molecular weight is 1070 g/mol. The maximum Gasteiger partial charge on any atom is 0.356 e. The Balaban J connectivity index is 0.986. The van der Waals surface area contributed by atoms with E-state index in [0.717, 1.165) is 26.2 Å². The summed E-state index contributed by atoms with van der Waals surface area (Å²) in [6, 6.07) is 55.3. The van der Waals surface area contributed by atoms with Gasteiger partial charge in [-0.3, -0.25) is 32.9 Å². The SMILES string of the molecule is CON=C(C(=O)NC1C(=O)N2C(C(=O)OC(c3ccccc3)c3ccccc3)=C(C=C(S)c3n[nH]c(=O)c(=O)n3Cc3ccccc3)CS(=O)C12)c1csc(NC(c2ccccc2)(c2ccccc2)c2ccccc2)n1. The van der Waals surface area contributed by atoms with Gasteiger partial charge in [0.1, 0.15) is 35.5 Å². The molecule has 2 amide bonds. The van der Waals surface area contributed by atoms with Gasteiger partial charge >= 0.3 is 17.1 Å². The Hall–Kier alpha value is -8.78. The first kappa shape index (κ1) is 50.7. The van der Waals surface area contributed by atoms with Crippen molar-refractivity contribution in [2.45, 2.75) is 29.6 Å². The molecule has 3 unspecified atom stereocenters. The number of anilines is 1. The smallest absolute Gasteiger partial charge is 0.356 e. The molecule has 0 radical (unpaired) electrons. The number of nitrogens with one attached hydrogen (secondary N) is 3. The molecule has 10 rings (SSSR count). The number of aromatic nitrogens is 4. The van der Waals surface area contributed by atoms with Crippen molar-refractivity contribution in [3.05, 3.63) is 270 Å². The number of esters is 1. The van der Waals surface area contributed by atoms with Gasteiger partial charge in [-0.25, -0.2) is 14.9 Å². The topological polar surface area (TPSA) is 207 Å². The third-order valence-corrected chi connectivity index (χ3v) is 15.5. The van der Waals surface area contributed by atoms with E-state index in [1.807, 2.05) is 103 Å². The lowest BCUT2D eigenvalue weighted by Crippen LogP contribution is -2.74. The largest absolute Gasteiger partial charge is 0.448 e. The fraction of sp³-hybridized carbons (Fsp3) is 0.123. The van der Waals surface area contributed by atoms with E-state index in [-0.39, 0.29) is 45.7 Å². The number of benzene rings is 6. The lowest BCUT2D eigenvalue weighted by atomic mass is 9.77. The van der Waals surface area contributed by atoms with Gasteiger partial charge in [0.15, 0.2) is 22.8 Å². The van der Waals surface area contributed by atoms with E-state index < -0.39 is 62.8 Å². The molecule has 3 atom stereocenters. The number of amides is 2. The van der Waals surface area contributed by atoms with Gasteiger partial charge in [-0.15, -0.1) is 24.0 Å². The molecule has 1 fully saturated rings. The predicted molar refractivity (Wildman–Crippen MR) is 294 cm³/mol. The highest BCUT2D eigenvalue weighted by atomic mass is 32.2. The summed E-state index contributed by atoms with van der Waals surface area (Å²) in [6.45, 7) is -0.0590. The highest BCUT2D eigenvalue weighted by Crippen LogP contribution is 2.42. The molecule has 8 aromatic rings. The molecular weight excluding hydrogens is 1020 g/mol. The van der Waals surface area contributed by atoms with Crippen molar-refractivity contribution in [2.24, 2.45) is 5.16 Å². The molecule has 2 aliphatic rings. The lowest BCUT2D eigenvalue weighted by Gasteiger charge is -2.49. The van der Waals surface area contributed by atoms with Gasteiger partial charge in [0.2, 0.25) is 0 Å². The Kier molecular flexibility index (Phi) is 14.9. The molecule has 0 aliphatic carbocycles. The number of rotatable bonds is 17. The van der Waals surface area contributed by atoms with Gasteiger partial charge in [-0.2, -0.15) is 5.10 Å². The van der Waals surface area contributed by atoms with Crippen LogP contribution in [0.3, 0.4) is 0 Å². The van der Waals surface area contributed by atoms with Gasteiger partial charge in [0, 0.05) is 10.3 Å². The zero-order chi connectivity index (χ0) is 52.8. The number of β-lactam (4-membered cyclic amide) rings is 1. The Morgan fingerprint density at radius 2 is 1.34 bits per heavy atom. The number of allylic oxidation sites excluding steroid dienone is 1. The average Bonchev–Trinajstić information content (AvgIpc) is 3.93. The molecule has 0 spiro atoms. The van der Waals surface area contributed by atoms with Crippen LogP contribution in [-0.4, -0.2) is 76.6 Å². The number of fused-ring (bicyclic) bond motifs is 1. The van der Waals surface area contributed by atoms with Crippen LogP contribution in [0.1, 0.15) is 51.0 Å². The van der Waals surface area contributed by atoms with Crippen molar-refractivity contribution in [2.75, 3.05) is 18.2 Å². The summed E-state index contributed by atoms with van der Waals surface area (Å²) in [6.07, 6.45) is 0.412. The summed E-state index contributed by atoms with van der Waals surface area (Å²) in [7, 11) is -0.714. The van der Waals surface area contributed by atoms with E-state index in [9.17, 15) is 28.2 Å². The van der Waals surface area contributed by atoms with E-state index >= 15 is 0 Å². The molecule has 6 aromatic carbocycles. The summed E-state index contributed by atoms with van der Waals surface area (Å²) in [5.74, 6) is -3.01. The molecule has 76 heavy (non-hydrogen) atoms. The summed E-state index contributed by atoms with van der Waals surface area (Å²) in [5.41, 5.74) is 1.51. The normalized spacial score (nSPS) is 16.6. The third kappa shape index (κ3) is 10.1. The molecule has 0 bridgehead atoms. The minimum Gasteiger partial charge on any atom is -0.448 e. The fourth-order valence-corrected chi connectivity index (χ4v) is 12.0. The first-order valence-electron chi connectivity index (χ1n) is 23.8. The van der Waals surface area contributed by atoms with Crippen LogP contribution in [0.4, 0.5) is 5.13 Å². The summed E-state index contributed by atoms with van der Waals surface area (Å²) < 4.78 is 22.0. The molecule has 0 saturated carbocycles. The second-order valence-corrected chi connectivity index (χ2v) is 20.3. The van der Waals surface area contributed by atoms with E-state index in [1.54, 1.807) is 84.2 Å². The van der Waals surface area contributed by atoms with Crippen molar-refractivity contribution in [1.82, 2.24) is 30.0 Å². The first-order valence-corrected chi connectivity index (χ1v) is 26.5. The van der Waals surface area contributed by atoms with Gasteiger partial charge < -0.3 is 20.2 Å². The molecule has 380 valence electrons. The van der Waals surface area contributed by atoms with Crippen molar-refractivity contribution in [1.29, 1.82) is 0 Å². The third-order valence-electron chi connectivity index (χ3n) is 12.8. The second kappa shape index (κ2) is 22.4. The Bertz CT molecular complexity index is 3530. The number of hydrogen-bond donors (Lipinski definition) is 4. The predicted octanol–water partition coefficient (Wildman–Crippen LogP) is 7.16. The number of oxime groups is 1. The van der Waals surface area contributed by atoms with E-state index in [4.69, 9.17) is 27.2 Å². The minimum atomic E-state index is -1.98. The number of H-pyrrole nitrogens is 1. The van der Waals surface area contributed by atoms with Gasteiger partial charge in [-0.05, 0) is 45.0 Å². The molecule has 4 heterocycles. The van der Waals surface area contributed by atoms with Crippen LogP contribution >= 0.6 is 24.0 Å². The second-order valence-electron chi connectivity index (χ2n) is 17.5. The first-order chi connectivity index (χ1) is 37.0. The van der Waals surface area contributed by atoms with Crippen LogP contribution in [0.15, 0.2) is 219 Å². The lowest BCUT2D eigenvalue weighted by molar-refractivity contribution is -0.154. The van der Waals surface area contributed by atoms with E-state index in [0.29, 0.717) is 21.8 Å². The summed E-state index contributed by atoms with van der Waals surface area (Å²) in [5, 5.41) is 17.6. The van der Waals surface area contributed by atoms with Crippen molar-refractivity contribution >= 4 is 68.3 Å². The van der Waals surface area contributed by atoms with Gasteiger partial charge in [0.05, 0.1) is 23.1 Å². The maximum absolute atomic E-state index is 14.9. The maximum atomic E-state index is 14.9. The van der Waals surface area contributed by atoms with Crippen molar-refractivity contribution in [3.8, 4) is 0 Å². The number of nitrogens with zero attached hydrogens (tertiary/aromatic N) is 5. The zero-order valence-electron chi connectivity index (χ0n) is 40.4. The van der Waals surface area contributed by atoms with Crippen LogP contribution in [0, 0.1) is 0 Å². The Morgan fingerprint density at radius 3 is 1.88 bits per heavy atom. The molecule has 1 saturated heterocycles. The van der Waals surface area contributed by atoms with Crippen molar-refractivity contribution < 1.29 is 28.2 Å². The van der Waals surface area contributed by atoms with Crippen LogP contribution < -0.4 is 21.8 Å². The standard InChI is InChI=1S/C57H46N8O8S3/c1-72-63-45(43-34-75-56(58-43)60-57(40-26-14-5-15-27-40,41-28-16-6-17-29-41)42-30-18-7-19-31-42)50(66)59-46-52(68)65-47(55(70)73-48(37-22-10-3-11-23-37)38-24-12-4-13-25-38)39(35-76(71)54(46)65)32-44(74)49-61-62-51(67)53(69)64(49)33-36-20-8-2-9-21-36/h2-32,34,46,48,54,74H,33,35H2,1H3,(H,58,60)(H,59,66)(H,62,67). The van der Waals surface area contributed by atoms with E-state index in [2.05, 4.69) is 26.0 Å². The van der Waals surface area contributed by atoms with Crippen LogP contribution in [0.2, 0.25) is 0 Å². The van der Waals surface area contributed by atoms with Crippen LogP contribution in [-0.2, 0) is 46.8 Å². The van der Waals surface area contributed by atoms with E-state index in [1.165, 1.54) is 24.5 Å². The number of carbonyl (C=O) groups excluding carboxylic acids is 3. The molecule has 3 N–H and O–H groups in total. The molecule has 2 aromatic heterocycles. The monoisotopic (exact) mass is 1070 g/mol. The highest BCUT2D eigenvalue weighted by Gasteiger charge is 2.58. The number of hydrogen-bond acceptors (Lipinski definition) is 14. The minimum absolute atomic E-state index is 0.00777. The highest BCUT2D eigenvalue weighted by molar-refractivity contribution is 7.90. The van der Waals surface area contributed by atoms with Gasteiger partial charge in [-0.1, -0.05) is 187 Å². The Morgan fingerprint density at radius 1 is 0.816 bits per heavy atom. The quantitative estimate of drug-likeness (QED) is 0.0137.